The van der Waals surface area contributed by atoms with Crippen molar-refractivity contribution in [2.75, 3.05) is 24.8 Å². The molecule has 0 saturated carbocycles. The van der Waals surface area contributed by atoms with Crippen LogP contribution in [0.5, 0.6) is 11.5 Å². The van der Waals surface area contributed by atoms with Crippen LogP contribution in [-0.4, -0.2) is 40.8 Å². The standard InChI is InChI=1S/C20H26N2O5S/c1-5-18(20(23)21-14-15-8-6-7-9-19(15)27-3)22(28(4,24)25)16-10-12-17(26-2)13-11-16/h6-13,18H,5,14H2,1-4H3,(H,21,23)/t18-/m1/s1. The minimum atomic E-state index is -3.68. The van der Waals surface area contributed by atoms with Gasteiger partial charge in [-0.25, -0.2) is 8.42 Å². The SMILES string of the molecule is CC[C@H](C(=O)NCc1ccccc1OC)N(c1ccc(OC)cc1)S(C)(=O)=O. The number of rotatable bonds is 9. The van der Waals surface area contributed by atoms with Crippen LogP contribution in [0.15, 0.2) is 48.5 Å². The average Bonchev–Trinajstić information content (AvgIpc) is 2.69. The molecule has 1 N–H and O–H groups in total. The first-order valence-electron chi connectivity index (χ1n) is 8.84. The Morgan fingerprint density at radius 3 is 2.25 bits per heavy atom. The molecule has 0 aliphatic carbocycles. The Morgan fingerprint density at radius 2 is 1.71 bits per heavy atom. The van der Waals surface area contributed by atoms with E-state index in [1.807, 2.05) is 18.2 Å². The Kier molecular flexibility index (Phi) is 7.28. The quantitative estimate of drug-likeness (QED) is 0.692. The van der Waals surface area contributed by atoms with Crippen LogP contribution >= 0.6 is 0 Å². The lowest BCUT2D eigenvalue weighted by Crippen LogP contribution is -2.49. The predicted octanol–water partition coefficient (Wildman–Crippen LogP) is 2.56. The van der Waals surface area contributed by atoms with E-state index in [1.54, 1.807) is 44.4 Å². The maximum absolute atomic E-state index is 12.8. The minimum absolute atomic E-state index is 0.236. The van der Waals surface area contributed by atoms with E-state index in [4.69, 9.17) is 9.47 Å². The molecule has 1 atom stereocenters. The fraction of sp³-hybridized carbons (Fsp3) is 0.350. The third-order valence-corrected chi connectivity index (χ3v) is 5.48. The molecule has 152 valence electrons. The van der Waals surface area contributed by atoms with Gasteiger partial charge in [0.2, 0.25) is 15.9 Å². The van der Waals surface area contributed by atoms with Crippen LogP contribution in [0.25, 0.3) is 0 Å². The van der Waals surface area contributed by atoms with Gasteiger partial charge < -0.3 is 14.8 Å². The summed E-state index contributed by atoms with van der Waals surface area (Å²) in [6.45, 7) is 2.01. The highest BCUT2D eigenvalue weighted by Crippen LogP contribution is 2.25. The molecule has 0 unspecified atom stereocenters. The monoisotopic (exact) mass is 406 g/mol. The molecule has 2 rings (SSSR count). The summed E-state index contributed by atoms with van der Waals surface area (Å²) in [7, 11) is -0.591. The van der Waals surface area contributed by atoms with Crippen LogP contribution in [0.4, 0.5) is 5.69 Å². The van der Waals surface area contributed by atoms with E-state index < -0.39 is 16.1 Å². The molecule has 0 spiro atoms. The van der Waals surface area contributed by atoms with Crippen LogP contribution in [-0.2, 0) is 21.4 Å². The molecule has 0 radical (unpaired) electrons. The number of nitrogens with zero attached hydrogens (tertiary/aromatic N) is 1. The number of sulfonamides is 1. The van der Waals surface area contributed by atoms with E-state index in [-0.39, 0.29) is 12.5 Å². The Labute approximate surface area is 166 Å². The van der Waals surface area contributed by atoms with Gasteiger partial charge in [-0.15, -0.1) is 0 Å². The molecule has 0 aliphatic heterocycles. The molecule has 0 heterocycles. The number of hydrogen-bond donors (Lipinski definition) is 1. The van der Waals surface area contributed by atoms with Crippen molar-refractivity contribution in [2.45, 2.75) is 25.9 Å². The first kappa shape index (κ1) is 21.6. The van der Waals surface area contributed by atoms with Crippen LogP contribution in [0.2, 0.25) is 0 Å². The number of benzene rings is 2. The fourth-order valence-electron chi connectivity index (χ4n) is 2.94. The first-order chi connectivity index (χ1) is 13.3. The Bertz CT molecular complexity index is 897. The first-order valence-corrected chi connectivity index (χ1v) is 10.7. The molecular formula is C20H26N2O5S. The number of ether oxygens (including phenoxy) is 2. The zero-order valence-electron chi connectivity index (χ0n) is 16.5. The smallest absolute Gasteiger partial charge is 0.244 e. The third-order valence-electron chi connectivity index (χ3n) is 4.30. The maximum Gasteiger partial charge on any atom is 0.244 e. The Balaban J connectivity index is 2.25. The van der Waals surface area contributed by atoms with E-state index in [1.165, 1.54) is 7.11 Å². The van der Waals surface area contributed by atoms with Crippen LogP contribution < -0.4 is 19.1 Å². The highest BCUT2D eigenvalue weighted by molar-refractivity contribution is 7.92. The minimum Gasteiger partial charge on any atom is -0.497 e. The number of nitrogens with one attached hydrogen (secondary N) is 1. The van der Waals surface area contributed by atoms with E-state index in [2.05, 4.69) is 5.32 Å². The number of amides is 1. The van der Waals surface area contributed by atoms with Crippen molar-refractivity contribution in [2.24, 2.45) is 0 Å². The van der Waals surface area contributed by atoms with Crippen molar-refractivity contribution in [3.8, 4) is 11.5 Å². The van der Waals surface area contributed by atoms with Crippen LogP contribution in [0, 0.1) is 0 Å². The summed E-state index contributed by atoms with van der Waals surface area (Å²) in [4.78, 5) is 12.8. The van der Waals surface area contributed by atoms with Gasteiger partial charge in [-0.05, 0) is 36.8 Å². The topological polar surface area (TPSA) is 84.9 Å². The van der Waals surface area contributed by atoms with Gasteiger partial charge in [-0.1, -0.05) is 25.1 Å². The fourth-order valence-corrected chi connectivity index (χ4v) is 4.15. The number of carbonyl (C=O) groups is 1. The third kappa shape index (κ3) is 5.16. The molecule has 28 heavy (non-hydrogen) atoms. The lowest BCUT2D eigenvalue weighted by atomic mass is 10.1. The average molecular weight is 407 g/mol. The van der Waals surface area contributed by atoms with Gasteiger partial charge >= 0.3 is 0 Å². The molecule has 0 aliphatic rings. The van der Waals surface area contributed by atoms with E-state index >= 15 is 0 Å². The van der Waals surface area contributed by atoms with Crippen molar-refractivity contribution < 1.29 is 22.7 Å². The summed E-state index contributed by atoms with van der Waals surface area (Å²) in [5.74, 6) is 0.881. The molecular weight excluding hydrogens is 380 g/mol. The Morgan fingerprint density at radius 1 is 1.07 bits per heavy atom. The summed E-state index contributed by atoms with van der Waals surface area (Å²) in [5, 5.41) is 2.82. The molecule has 0 bridgehead atoms. The van der Waals surface area contributed by atoms with Crippen LogP contribution in [0.1, 0.15) is 18.9 Å². The van der Waals surface area contributed by atoms with Gasteiger partial charge in [-0.2, -0.15) is 0 Å². The van der Waals surface area contributed by atoms with Crippen molar-refractivity contribution in [3.05, 3.63) is 54.1 Å². The van der Waals surface area contributed by atoms with Gasteiger partial charge in [0.05, 0.1) is 26.2 Å². The van der Waals surface area contributed by atoms with Gasteiger partial charge in [-0.3, -0.25) is 9.10 Å². The molecule has 0 saturated heterocycles. The number of hydrogen-bond acceptors (Lipinski definition) is 5. The zero-order chi connectivity index (χ0) is 20.7. The largest absolute Gasteiger partial charge is 0.497 e. The summed E-state index contributed by atoms with van der Waals surface area (Å²) >= 11 is 0. The summed E-state index contributed by atoms with van der Waals surface area (Å²) in [5.41, 5.74) is 1.21. The van der Waals surface area contributed by atoms with E-state index in [0.29, 0.717) is 23.6 Å². The van der Waals surface area contributed by atoms with Crippen molar-refractivity contribution in [1.29, 1.82) is 0 Å². The summed E-state index contributed by atoms with van der Waals surface area (Å²) in [6, 6.07) is 13.0. The summed E-state index contributed by atoms with van der Waals surface area (Å²) < 4.78 is 36.5. The van der Waals surface area contributed by atoms with Gasteiger partial charge in [0.15, 0.2) is 0 Å². The van der Waals surface area contributed by atoms with Crippen molar-refractivity contribution >= 4 is 21.6 Å². The second-order valence-electron chi connectivity index (χ2n) is 6.21. The van der Waals surface area contributed by atoms with Crippen molar-refractivity contribution in [1.82, 2.24) is 5.32 Å². The molecule has 2 aromatic rings. The van der Waals surface area contributed by atoms with Crippen molar-refractivity contribution in [3.63, 3.8) is 0 Å². The summed E-state index contributed by atoms with van der Waals surface area (Å²) in [6.07, 6.45) is 1.41. The highest BCUT2D eigenvalue weighted by atomic mass is 32.2. The van der Waals surface area contributed by atoms with Crippen LogP contribution in [0.3, 0.4) is 0 Å². The lowest BCUT2D eigenvalue weighted by molar-refractivity contribution is -0.122. The number of carbonyl (C=O) groups excluding carboxylic acids is 1. The molecule has 0 aromatic heterocycles. The molecule has 0 fully saturated rings. The normalized spacial score (nSPS) is 12.1. The predicted molar refractivity (Wildman–Crippen MR) is 109 cm³/mol. The lowest BCUT2D eigenvalue weighted by Gasteiger charge is -2.30. The molecule has 1 amide bonds. The van der Waals surface area contributed by atoms with E-state index in [9.17, 15) is 13.2 Å². The van der Waals surface area contributed by atoms with Gasteiger partial charge in [0.1, 0.15) is 17.5 Å². The highest BCUT2D eigenvalue weighted by Gasteiger charge is 2.31. The second kappa shape index (κ2) is 9.45. The number of anilines is 1. The molecule has 8 heteroatoms. The second-order valence-corrected chi connectivity index (χ2v) is 8.07. The molecule has 7 nitrogen and oxygen atoms in total. The number of para-hydroxylation sites is 1. The van der Waals surface area contributed by atoms with E-state index in [0.717, 1.165) is 16.1 Å². The molecule has 2 aromatic carbocycles. The Hall–Kier alpha value is -2.74. The van der Waals surface area contributed by atoms with Gasteiger partial charge in [0, 0.05) is 12.1 Å². The number of methoxy groups -OCH3 is 2. The zero-order valence-corrected chi connectivity index (χ0v) is 17.3. The maximum atomic E-state index is 12.8. The van der Waals surface area contributed by atoms with Gasteiger partial charge in [0.25, 0.3) is 0 Å².